The first-order valence-corrected chi connectivity index (χ1v) is 12.6. The molecule has 1 saturated heterocycles. The quantitative estimate of drug-likeness (QED) is 0.214. The number of nitrogens with one attached hydrogen (secondary N) is 1. The van der Waals surface area contributed by atoms with E-state index in [-0.39, 0.29) is 18.1 Å². The summed E-state index contributed by atoms with van der Waals surface area (Å²) in [5.74, 6) is 0.310. The van der Waals surface area contributed by atoms with Crippen LogP contribution in [-0.2, 0) is 4.79 Å². The van der Waals surface area contributed by atoms with Crippen LogP contribution < -0.4 is 5.32 Å². The zero-order chi connectivity index (χ0) is 20.5. The highest BCUT2D eigenvalue weighted by Crippen LogP contribution is 2.20. The fourth-order valence-electron chi connectivity index (χ4n) is 4.40. The molecule has 0 bridgehead atoms. The number of halogens is 1. The Hall–Kier alpha value is -0.280. The molecule has 0 aromatic heterocycles. The first-order valence-electron chi connectivity index (χ1n) is 12.6. The lowest BCUT2D eigenvalue weighted by Gasteiger charge is -2.36. The van der Waals surface area contributed by atoms with E-state index >= 15 is 0 Å². The van der Waals surface area contributed by atoms with Gasteiger partial charge in [0.2, 0.25) is 5.91 Å². The van der Waals surface area contributed by atoms with Crippen LogP contribution >= 0.6 is 12.4 Å². The van der Waals surface area contributed by atoms with Gasteiger partial charge in [-0.15, -0.1) is 12.4 Å². The number of likely N-dealkylation sites (tertiary alicyclic amines) is 1. The summed E-state index contributed by atoms with van der Waals surface area (Å²) >= 11 is 0. The number of unbranched alkanes of at least 4 members (excludes halogenated alkanes) is 15. The van der Waals surface area contributed by atoms with Crippen LogP contribution in [0.5, 0.6) is 0 Å². The van der Waals surface area contributed by atoms with Crippen molar-refractivity contribution < 1.29 is 4.79 Å². The molecular weight excluding hydrogens is 380 g/mol. The maximum Gasteiger partial charge on any atom is 0.224 e. The molecule has 1 fully saturated rings. The van der Waals surface area contributed by atoms with Crippen molar-refractivity contribution in [1.29, 1.82) is 0 Å². The van der Waals surface area contributed by atoms with E-state index in [0.29, 0.717) is 5.91 Å². The molecule has 1 N–H and O–H groups in total. The number of carbonyl (C=O) groups excluding carboxylic acids is 1. The molecule has 0 atom stereocenters. The van der Waals surface area contributed by atoms with Gasteiger partial charge in [-0.1, -0.05) is 103 Å². The van der Waals surface area contributed by atoms with Gasteiger partial charge in [0.05, 0.1) is 5.66 Å². The van der Waals surface area contributed by atoms with Gasteiger partial charge in [-0.2, -0.15) is 0 Å². The first-order chi connectivity index (χ1) is 13.6. The summed E-state index contributed by atoms with van der Waals surface area (Å²) in [4.78, 5) is 13.9. The SMILES string of the molecule is CCCCCCCCCCCCCCCCCCNC(C)(C)N1CCCC1=O.Cl. The molecule has 0 aromatic rings. The van der Waals surface area contributed by atoms with Gasteiger partial charge in [0, 0.05) is 13.0 Å². The van der Waals surface area contributed by atoms with Crippen LogP contribution in [-0.4, -0.2) is 29.6 Å². The molecule has 0 spiro atoms. The van der Waals surface area contributed by atoms with Crippen molar-refractivity contribution in [3.63, 3.8) is 0 Å². The van der Waals surface area contributed by atoms with Crippen molar-refractivity contribution in [3.05, 3.63) is 0 Å². The highest BCUT2D eigenvalue weighted by molar-refractivity contribution is 5.85. The van der Waals surface area contributed by atoms with Crippen molar-refractivity contribution in [2.75, 3.05) is 13.1 Å². The highest BCUT2D eigenvalue weighted by atomic mass is 35.5. The zero-order valence-electron chi connectivity index (χ0n) is 19.9. The highest BCUT2D eigenvalue weighted by Gasteiger charge is 2.33. The van der Waals surface area contributed by atoms with Gasteiger partial charge in [0.25, 0.3) is 0 Å². The second-order valence-corrected chi connectivity index (χ2v) is 9.44. The number of hydrogen-bond donors (Lipinski definition) is 1. The van der Waals surface area contributed by atoms with Crippen LogP contribution in [0.2, 0.25) is 0 Å². The molecule has 174 valence electrons. The van der Waals surface area contributed by atoms with Gasteiger partial charge in [-0.3, -0.25) is 10.1 Å². The molecular formula is C25H51ClN2O. The summed E-state index contributed by atoms with van der Waals surface area (Å²) in [6, 6.07) is 0. The molecule has 0 saturated carbocycles. The Morgan fingerprint density at radius 2 is 1.17 bits per heavy atom. The van der Waals surface area contributed by atoms with Gasteiger partial charge in [0.15, 0.2) is 0 Å². The third-order valence-corrected chi connectivity index (χ3v) is 6.34. The van der Waals surface area contributed by atoms with E-state index in [1.807, 2.05) is 4.90 Å². The van der Waals surface area contributed by atoms with E-state index in [9.17, 15) is 4.79 Å². The Kier molecular flexibility index (Phi) is 18.3. The summed E-state index contributed by atoms with van der Waals surface area (Å²) in [6.45, 7) is 8.51. The molecule has 0 radical (unpaired) electrons. The van der Waals surface area contributed by atoms with Gasteiger partial charge in [-0.05, 0) is 33.2 Å². The van der Waals surface area contributed by atoms with Crippen LogP contribution in [0, 0.1) is 0 Å². The molecule has 29 heavy (non-hydrogen) atoms. The normalized spacial score (nSPS) is 14.4. The minimum Gasteiger partial charge on any atom is -0.325 e. The van der Waals surface area contributed by atoms with Crippen molar-refractivity contribution in [3.8, 4) is 0 Å². The monoisotopic (exact) mass is 430 g/mol. The second-order valence-electron chi connectivity index (χ2n) is 9.44. The predicted octanol–water partition coefficient (Wildman–Crippen LogP) is 7.62. The lowest BCUT2D eigenvalue weighted by molar-refractivity contribution is -0.133. The Morgan fingerprint density at radius 1 is 0.759 bits per heavy atom. The molecule has 0 aliphatic carbocycles. The summed E-state index contributed by atoms with van der Waals surface area (Å²) in [5.41, 5.74) is -0.177. The van der Waals surface area contributed by atoms with Crippen molar-refractivity contribution in [2.24, 2.45) is 0 Å². The minimum atomic E-state index is -0.177. The standard InChI is InChI=1S/C25H50N2O.ClH/c1-4-5-6-7-8-9-10-11-12-13-14-15-16-17-18-19-22-26-25(2,3)27-23-20-21-24(27)28;/h26H,4-23H2,1-3H3;1H. The average molecular weight is 431 g/mol. The number of nitrogens with zero attached hydrogens (tertiary/aromatic N) is 1. The maximum atomic E-state index is 11.9. The third kappa shape index (κ3) is 14.4. The Morgan fingerprint density at radius 3 is 1.55 bits per heavy atom. The topological polar surface area (TPSA) is 32.3 Å². The summed E-state index contributed by atoms with van der Waals surface area (Å²) in [6.07, 6.45) is 24.3. The van der Waals surface area contributed by atoms with Crippen LogP contribution in [0.4, 0.5) is 0 Å². The minimum absolute atomic E-state index is 0. The molecule has 0 aromatic carbocycles. The van der Waals surface area contributed by atoms with Gasteiger partial charge >= 0.3 is 0 Å². The van der Waals surface area contributed by atoms with Crippen molar-refractivity contribution >= 4 is 18.3 Å². The van der Waals surface area contributed by atoms with Gasteiger partial charge in [-0.25, -0.2) is 0 Å². The van der Waals surface area contributed by atoms with Crippen LogP contribution in [0.15, 0.2) is 0 Å². The molecule has 1 aliphatic heterocycles. The van der Waals surface area contributed by atoms with Crippen molar-refractivity contribution in [2.45, 2.75) is 142 Å². The number of hydrogen-bond acceptors (Lipinski definition) is 2. The first kappa shape index (κ1) is 28.7. The predicted molar refractivity (Wildman–Crippen MR) is 130 cm³/mol. The molecule has 3 nitrogen and oxygen atoms in total. The molecule has 1 rings (SSSR count). The van der Waals surface area contributed by atoms with Gasteiger partial charge in [0.1, 0.15) is 0 Å². The average Bonchev–Trinajstić information content (AvgIpc) is 3.11. The molecule has 1 amide bonds. The Bertz CT molecular complexity index is 387. The molecule has 1 aliphatic rings. The summed E-state index contributed by atoms with van der Waals surface area (Å²) < 4.78 is 0. The number of carbonyl (C=O) groups is 1. The smallest absolute Gasteiger partial charge is 0.224 e. The largest absolute Gasteiger partial charge is 0.325 e. The van der Waals surface area contributed by atoms with Crippen LogP contribution in [0.1, 0.15) is 136 Å². The summed E-state index contributed by atoms with van der Waals surface area (Å²) in [5, 5.41) is 3.59. The van der Waals surface area contributed by atoms with Crippen LogP contribution in [0.3, 0.4) is 0 Å². The Balaban J connectivity index is 0.00000784. The third-order valence-electron chi connectivity index (χ3n) is 6.34. The molecule has 0 unspecified atom stereocenters. The lowest BCUT2D eigenvalue weighted by atomic mass is 10.0. The maximum absolute atomic E-state index is 11.9. The lowest BCUT2D eigenvalue weighted by Crippen LogP contribution is -2.55. The van der Waals surface area contributed by atoms with E-state index in [1.54, 1.807) is 0 Å². The van der Waals surface area contributed by atoms with Crippen LogP contribution in [0.25, 0.3) is 0 Å². The Labute approximate surface area is 188 Å². The van der Waals surface area contributed by atoms with E-state index in [2.05, 4.69) is 26.1 Å². The second kappa shape index (κ2) is 18.5. The zero-order valence-corrected chi connectivity index (χ0v) is 20.7. The van der Waals surface area contributed by atoms with Gasteiger partial charge < -0.3 is 4.90 Å². The summed E-state index contributed by atoms with van der Waals surface area (Å²) in [7, 11) is 0. The molecule has 4 heteroatoms. The van der Waals surface area contributed by atoms with E-state index in [1.165, 1.54) is 103 Å². The number of rotatable bonds is 19. The number of amides is 1. The van der Waals surface area contributed by atoms with E-state index < -0.39 is 0 Å². The molecule has 1 heterocycles. The van der Waals surface area contributed by atoms with E-state index in [0.717, 1.165) is 25.9 Å². The van der Waals surface area contributed by atoms with E-state index in [4.69, 9.17) is 0 Å². The fourth-order valence-corrected chi connectivity index (χ4v) is 4.40. The fraction of sp³-hybridized carbons (Fsp3) is 0.960. The van der Waals surface area contributed by atoms with Crippen molar-refractivity contribution in [1.82, 2.24) is 10.2 Å².